The number of benzene rings is 1. The number of carbonyl (C=O) groups is 3. The van der Waals surface area contributed by atoms with Crippen LogP contribution in [0, 0.1) is 0 Å². The van der Waals surface area contributed by atoms with E-state index in [1.807, 2.05) is 18.2 Å². The molecule has 0 aliphatic rings. The van der Waals surface area contributed by atoms with Gasteiger partial charge in [0.05, 0.1) is 13.7 Å². The zero-order valence-corrected chi connectivity index (χ0v) is 12.2. The Morgan fingerprint density at radius 1 is 1.09 bits per heavy atom. The van der Waals surface area contributed by atoms with Crippen molar-refractivity contribution in [1.82, 2.24) is 5.32 Å². The van der Waals surface area contributed by atoms with Crippen molar-refractivity contribution < 1.29 is 23.9 Å². The summed E-state index contributed by atoms with van der Waals surface area (Å²) in [5, 5.41) is 5.29. The van der Waals surface area contributed by atoms with Crippen molar-refractivity contribution in [2.75, 3.05) is 25.6 Å². The van der Waals surface area contributed by atoms with Gasteiger partial charge in [-0.3, -0.25) is 0 Å². The van der Waals surface area contributed by atoms with Crippen LogP contribution < -0.4 is 10.6 Å². The summed E-state index contributed by atoms with van der Waals surface area (Å²) < 4.78 is 9.16. The molecule has 0 fully saturated rings. The third-order valence-corrected chi connectivity index (χ3v) is 2.44. The summed E-state index contributed by atoms with van der Waals surface area (Å²) in [6.07, 6.45) is 2.43. The number of amides is 2. The molecule has 0 unspecified atom stereocenters. The maximum atomic E-state index is 11.5. The first kappa shape index (κ1) is 17.2. The molecular weight excluding hydrogens is 288 g/mol. The van der Waals surface area contributed by atoms with Gasteiger partial charge in [-0.25, -0.2) is 14.4 Å². The number of anilines is 1. The second-order valence-electron chi connectivity index (χ2n) is 4.12. The van der Waals surface area contributed by atoms with E-state index >= 15 is 0 Å². The first-order valence-electron chi connectivity index (χ1n) is 6.64. The fourth-order valence-corrected chi connectivity index (χ4v) is 1.40. The van der Waals surface area contributed by atoms with E-state index in [-0.39, 0.29) is 12.6 Å². The number of rotatable bonds is 7. The van der Waals surface area contributed by atoms with E-state index in [4.69, 9.17) is 4.74 Å². The van der Waals surface area contributed by atoms with E-state index in [1.165, 1.54) is 7.11 Å². The van der Waals surface area contributed by atoms with Gasteiger partial charge < -0.3 is 20.1 Å². The summed E-state index contributed by atoms with van der Waals surface area (Å²) >= 11 is 0. The number of methoxy groups -OCH3 is 1. The van der Waals surface area contributed by atoms with Crippen LogP contribution in [0.3, 0.4) is 0 Å². The topological polar surface area (TPSA) is 93.7 Å². The third-order valence-electron chi connectivity index (χ3n) is 2.44. The van der Waals surface area contributed by atoms with Gasteiger partial charge in [0, 0.05) is 24.4 Å². The number of esters is 2. The molecule has 0 aliphatic heterocycles. The fourth-order valence-electron chi connectivity index (χ4n) is 1.40. The molecule has 2 N–H and O–H groups in total. The summed E-state index contributed by atoms with van der Waals surface area (Å²) in [5.74, 6) is -1.27. The SMILES string of the molecule is COC(=O)/C=C/C(=O)OCCCNC(=O)Nc1ccccc1. The fraction of sp³-hybridized carbons (Fsp3) is 0.267. The Morgan fingerprint density at radius 3 is 2.45 bits per heavy atom. The molecule has 0 atom stereocenters. The average molecular weight is 306 g/mol. The van der Waals surface area contributed by atoms with Crippen LogP contribution >= 0.6 is 0 Å². The van der Waals surface area contributed by atoms with E-state index < -0.39 is 11.9 Å². The van der Waals surface area contributed by atoms with Gasteiger partial charge >= 0.3 is 18.0 Å². The predicted molar refractivity (Wildman–Crippen MR) is 80.2 cm³/mol. The molecule has 0 spiro atoms. The molecule has 0 saturated carbocycles. The van der Waals surface area contributed by atoms with Crippen LogP contribution in [0.5, 0.6) is 0 Å². The molecule has 1 rings (SSSR count). The number of hydrogen-bond acceptors (Lipinski definition) is 5. The van der Waals surface area contributed by atoms with Crippen molar-refractivity contribution in [3.63, 3.8) is 0 Å². The molecule has 0 heterocycles. The lowest BCUT2D eigenvalue weighted by molar-refractivity contribution is -0.139. The van der Waals surface area contributed by atoms with Crippen molar-refractivity contribution in [2.45, 2.75) is 6.42 Å². The molecule has 0 aromatic heterocycles. The Morgan fingerprint density at radius 2 is 1.77 bits per heavy atom. The lowest BCUT2D eigenvalue weighted by atomic mass is 10.3. The molecule has 0 bridgehead atoms. The molecule has 0 aliphatic carbocycles. The lowest BCUT2D eigenvalue weighted by Crippen LogP contribution is -2.30. The third kappa shape index (κ3) is 7.68. The molecule has 7 heteroatoms. The van der Waals surface area contributed by atoms with E-state index in [1.54, 1.807) is 12.1 Å². The number of nitrogens with one attached hydrogen (secondary N) is 2. The number of para-hydroxylation sites is 1. The smallest absolute Gasteiger partial charge is 0.331 e. The van der Waals surface area contributed by atoms with Crippen molar-refractivity contribution in [3.8, 4) is 0 Å². The Balaban J connectivity index is 2.10. The van der Waals surface area contributed by atoms with Crippen LogP contribution in [0.4, 0.5) is 10.5 Å². The lowest BCUT2D eigenvalue weighted by Gasteiger charge is -2.07. The Kier molecular flexibility index (Phi) is 7.81. The van der Waals surface area contributed by atoms with Gasteiger partial charge in [0.25, 0.3) is 0 Å². The first-order valence-corrected chi connectivity index (χ1v) is 6.64. The first-order chi connectivity index (χ1) is 10.6. The van der Waals surface area contributed by atoms with Crippen molar-refractivity contribution in [1.29, 1.82) is 0 Å². The van der Waals surface area contributed by atoms with Gasteiger partial charge in [0.2, 0.25) is 0 Å². The highest BCUT2D eigenvalue weighted by Gasteiger charge is 2.02. The van der Waals surface area contributed by atoms with Crippen LogP contribution in [0.25, 0.3) is 0 Å². The maximum absolute atomic E-state index is 11.5. The minimum atomic E-state index is -0.640. The minimum Gasteiger partial charge on any atom is -0.466 e. The molecule has 1 aromatic carbocycles. The van der Waals surface area contributed by atoms with Crippen LogP contribution in [0.15, 0.2) is 42.5 Å². The quantitative estimate of drug-likeness (QED) is 0.452. The summed E-state index contributed by atoms with van der Waals surface area (Å²) in [4.78, 5) is 33.5. The van der Waals surface area contributed by atoms with Crippen LogP contribution in [0.1, 0.15) is 6.42 Å². The standard InChI is InChI=1S/C15H18N2O5/c1-21-13(18)8-9-14(19)22-11-5-10-16-15(20)17-12-6-3-2-4-7-12/h2-4,6-9H,5,10-11H2,1H3,(H2,16,17,20)/b9-8+. The Bertz CT molecular complexity index is 528. The summed E-state index contributed by atoms with van der Waals surface area (Å²) in [6, 6.07) is 8.70. The maximum Gasteiger partial charge on any atom is 0.331 e. The normalized spacial score (nSPS) is 10.0. The number of hydrogen-bond donors (Lipinski definition) is 2. The van der Waals surface area contributed by atoms with Crippen LogP contribution in [0.2, 0.25) is 0 Å². The molecule has 1 aromatic rings. The summed E-state index contributed by atoms with van der Waals surface area (Å²) in [5.41, 5.74) is 0.694. The van der Waals surface area contributed by atoms with E-state index in [0.717, 1.165) is 12.2 Å². The largest absolute Gasteiger partial charge is 0.466 e. The second kappa shape index (κ2) is 9.98. The van der Waals surface area contributed by atoms with Crippen molar-refractivity contribution in [3.05, 3.63) is 42.5 Å². The predicted octanol–water partition coefficient (Wildman–Crippen LogP) is 1.47. The van der Waals surface area contributed by atoms with E-state index in [0.29, 0.717) is 18.7 Å². The molecule has 7 nitrogen and oxygen atoms in total. The van der Waals surface area contributed by atoms with Crippen LogP contribution in [-0.2, 0) is 19.1 Å². The minimum absolute atomic E-state index is 0.135. The average Bonchev–Trinajstić information content (AvgIpc) is 2.53. The van der Waals surface area contributed by atoms with E-state index in [9.17, 15) is 14.4 Å². The highest BCUT2D eigenvalue weighted by atomic mass is 16.5. The van der Waals surface area contributed by atoms with Crippen LogP contribution in [-0.4, -0.2) is 38.2 Å². The molecule has 0 radical (unpaired) electrons. The van der Waals surface area contributed by atoms with Gasteiger partial charge in [0.1, 0.15) is 0 Å². The van der Waals surface area contributed by atoms with Gasteiger partial charge in [-0.1, -0.05) is 18.2 Å². The molecule has 0 saturated heterocycles. The van der Waals surface area contributed by atoms with Crippen molar-refractivity contribution >= 4 is 23.7 Å². The zero-order chi connectivity index (χ0) is 16.2. The second-order valence-corrected chi connectivity index (χ2v) is 4.12. The summed E-state index contributed by atoms with van der Waals surface area (Å²) in [6.45, 7) is 0.489. The Labute approximate surface area is 128 Å². The van der Waals surface area contributed by atoms with Crippen molar-refractivity contribution in [2.24, 2.45) is 0 Å². The monoisotopic (exact) mass is 306 g/mol. The zero-order valence-electron chi connectivity index (χ0n) is 12.2. The number of carbonyl (C=O) groups excluding carboxylic acids is 3. The molecule has 2 amide bonds. The summed E-state index contributed by atoms with van der Waals surface area (Å²) in [7, 11) is 1.21. The molecule has 118 valence electrons. The number of ether oxygens (including phenoxy) is 2. The van der Waals surface area contributed by atoms with E-state index in [2.05, 4.69) is 15.4 Å². The molecule has 22 heavy (non-hydrogen) atoms. The van der Waals surface area contributed by atoms with Gasteiger partial charge in [-0.15, -0.1) is 0 Å². The highest BCUT2D eigenvalue weighted by Crippen LogP contribution is 2.03. The molecular formula is C15H18N2O5. The van der Waals surface area contributed by atoms with Gasteiger partial charge in [0.15, 0.2) is 0 Å². The van der Waals surface area contributed by atoms with Gasteiger partial charge in [-0.05, 0) is 18.6 Å². The number of urea groups is 1. The van der Waals surface area contributed by atoms with Gasteiger partial charge in [-0.2, -0.15) is 0 Å². The highest BCUT2D eigenvalue weighted by molar-refractivity contribution is 5.91. The Hall–Kier alpha value is -2.83.